The molecule has 0 saturated carbocycles. The Morgan fingerprint density at radius 3 is 2.17 bits per heavy atom. The molecule has 0 spiro atoms. The summed E-state index contributed by atoms with van der Waals surface area (Å²) in [4.78, 5) is 27.3. The minimum atomic E-state index is -5.08. The van der Waals surface area contributed by atoms with E-state index in [0.717, 1.165) is 45.9 Å². The second-order valence-electron chi connectivity index (χ2n) is 7.83. The molecule has 3 atom stereocenters. The highest BCUT2D eigenvalue weighted by molar-refractivity contribution is 7.09. The predicted octanol–water partition coefficient (Wildman–Crippen LogP) is 2.47. The Morgan fingerprint density at radius 2 is 1.69 bits per heavy atom. The smallest absolute Gasteiger partial charge is 0.475 e. The summed E-state index contributed by atoms with van der Waals surface area (Å²) in [6.07, 6.45) is -5.03. The Kier molecular flexibility index (Phi) is 10.7. The fourth-order valence-corrected chi connectivity index (χ4v) is 4.42. The molecule has 35 heavy (non-hydrogen) atoms. The Bertz CT molecular complexity index is 780. The van der Waals surface area contributed by atoms with Gasteiger partial charge in [-0.1, -0.05) is 0 Å². The summed E-state index contributed by atoms with van der Waals surface area (Å²) in [7, 11) is 0. The SMILES string of the molecule is O=C(O)C(F)(F)F.O=C(O)C(F)(F)F.c1csc(CN2C[C@@H]3OCCN(CC4CCCO4)[C@@H]3C2)n1. The van der Waals surface area contributed by atoms with Gasteiger partial charge in [-0.05, 0) is 12.8 Å². The molecule has 3 fully saturated rings. The van der Waals surface area contributed by atoms with E-state index < -0.39 is 24.3 Å². The summed E-state index contributed by atoms with van der Waals surface area (Å²) in [5.41, 5.74) is 0. The second kappa shape index (κ2) is 12.8. The summed E-state index contributed by atoms with van der Waals surface area (Å²) in [5, 5.41) is 17.5. The zero-order chi connectivity index (χ0) is 26.2. The Labute approximate surface area is 200 Å². The van der Waals surface area contributed by atoms with Gasteiger partial charge in [-0.2, -0.15) is 26.3 Å². The third kappa shape index (κ3) is 9.87. The highest BCUT2D eigenvalue weighted by Gasteiger charge is 2.41. The molecule has 2 N–H and O–H groups in total. The van der Waals surface area contributed by atoms with Crippen LogP contribution in [-0.2, 0) is 25.6 Å². The number of carboxylic acid groups (broad SMARTS) is 2. The van der Waals surface area contributed by atoms with E-state index in [1.165, 1.54) is 17.8 Å². The monoisotopic (exact) mass is 537 g/mol. The number of ether oxygens (including phenoxy) is 2. The number of likely N-dealkylation sites (tertiary alicyclic amines) is 1. The number of aliphatic carboxylic acids is 2. The number of alkyl halides is 6. The van der Waals surface area contributed by atoms with Gasteiger partial charge in [0.2, 0.25) is 0 Å². The lowest BCUT2D eigenvalue weighted by atomic mass is 10.1. The highest BCUT2D eigenvalue weighted by atomic mass is 32.1. The van der Waals surface area contributed by atoms with Crippen molar-refractivity contribution in [3.63, 3.8) is 0 Å². The number of morpholine rings is 1. The second-order valence-corrected chi connectivity index (χ2v) is 8.81. The van der Waals surface area contributed by atoms with Crippen LogP contribution in [0.4, 0.5) is 26.3 Å². The van der Waals surface area contributed by atoms with Crippen molar-refractivity contribution in [1.29, 1.82) is 0 Å². The van der Waals surface area contributed by atoms with Gasteiger partial charge < -0.3 is 19.7 Å². The van der Waals surface area contributed by atoms with E-state index in [-0.39, 0.29) is 0 Å². The molecule has 3 aliphatic heterocycles. The first kappa shape index (κ1) is 29.2. The summed E-state index contributed by atoms with van der Waals surface area (Å²) < 4.78 is 75.3. The first-order chi connectivity index (χ1) is 16.3. The largest absolute Gasteiger partial charge is 0.490 e. The summed E-state index contributed by atoms with van der Waals surface area (Å²) >= 11 is 1.74. The highest BCUT2D eigenvalue weighted by Crippen LogP contribution is 2.26. The molecule has 4 heterocycles. The van der Waals surface area contributed by atoms with E-state index in [9.17, 15) is 26.3 Å². The molecule has 0 bridgehead atoms. The van der Waals surface area contributed by atoms with Crippen molar-refractivity contribution in [2.45, 2.75) is 50.0 Å². The third-order valence-electron chi connectivity index (χ3n) is 5.28. The Morgan fingerprint density at radius 1 is 1.06 bits per heavy atom. The number of carboxylic acids is 2. The molecule has 3 aliphatic rings. The van der Waals surface area contributed by atoms with Gasteiger partial charge in [0, 0.05) is 50.4 Å². The maximum Gasteiger partial charge on any atom is 0.490 e. The number of hydrogen-bond donors (Lipinski definition) is 2. The summed E-state index contributed by atoms with van der Waals surface area (Å²) in [6.45, 7) is 7.02. The number of carbonyl (C=O) groups is 2. The number of halogens is 6. The van der Waals surface area contributed by atoms with Crippen LogP contribution in [-0.4, -0.2) is 107 Å². The number of thiazole rings is 1. The van der Waals surface area contributed by atoms with Crippen molar-refractivity contribution in [2.24, 2.45) is 0 Å². The number of hydrogen-bond acceptors (Lipinski definition) is 8. The molecule has 1 aromatic heterocycles. The van der Waals surface area contributed by atoms with Crippen LogP contribution in [0.3, 0.4) is 0 Å². The Hall–Kier alpha value is -2.01. The van der Waals surface area contributed by atoms with Gasteiger partial charge in [0.1, 0.15) is 5.01 Å². The number of fused-ring (bicyclic) bond motifs is 1. The zero-order valence-electron chi connectivity index (χ0n) is 18.3. The van der Waals surface area contributed by atoms with Crippen LogP contribution in [0.1, 0.15) is 17.8 Å². The lowest BCUT2D eigenvalue weighted by Gasteiger charge is -2.38. The van der Waals surface area contributed by atoms with Gasteiger partial charge in [0.25, 0.3) is 0 Å². The third-order valence-corrected chi connectivity index (χ3v) is 6.05. The predicted molar refractivity (Wildman–Crippen MR) is 109 cm³/mol. The van der Waals surface area contributed by atoms with Crippen molar-refractivity contribution in [2.75, 3.05) is 39.4 Å². The van der Waals surface area contributed by atoms with Crippen molar-refractivity contribution in [3.8, 4) is 0 Å². The van der Waals surface area contributed by atoms with Crippen LogP contribution < -0.4 is 0 Å². The van der Waals surface area contributed by atoms with Crippen LogP contribution >= 0.6 is 11.3 Å². The zero-order valence-corrected chi connectivity index (χ0v) is 19.1. The van der Waals surface area contributed by atoms with Crippen LogP contribution in [0.25, 0.3) is 0 Å². The summed E-state index contributed by atoms with van der Waals surface area (Å²) in [6, 6.07) is 0.530. The minimum absolute atomic E-state index is 0.361. The van der Waals surface area contributed by atoms with Crippen LogP contribution in [0.15, 0.2) is 11.6 Å². The molecule has 200 valence electrons. The van der Waals surface area contributed by atoms with Gasteiger partial charge in [0.15, 0.2) is 0 Å². The van der Waals surface area contributed by atoms with Crippen molar-refractivity contribution in [1.82, 2.24) is 14.8 Å². The normalized spacial score (nSPS) is 25.1. The van der Waals surface area contributed by atoms with Gasteiger partial charge in [-0.25, -0.2) is 14.6 Å². The lowest BCUT2D eigenvalue weighted by Crippen LogP contribution is -2.52. The number of rotatable bonds is 4. The number of aromatic nitrogens is 1. The lowest BCUT2D eigenvalue weighted by molar-refractivity contribution is -0.193. The molecule has 4 rings (SSSR count). The first-order valence-electron chi connectivity index (χ1n) is 10.5. The van der Waals surface area contributed by atoms with Crippen LogP contribution in [0, 0.1) is 0 Å². The molecule has 0 aliphatic carbocycles. The number of nitrogens with zero attached hydrogens (tertiary/aromatic N) is 3. The van der Waals surface area contributed by atoms with Gasteiger partial charge in [-0.3, -0.25) is 9.80 Å². The van der Waals surface area contributed by atoms with Crippen LogP contribution in [0.5, 0.6) is 0 Å². The van der Waals surface area contributed by atoms with Gasteiger partial charge in [0.05, 0.1) is 25.4 Å². The van der Waals surface area contributed by atoms with E-state index in [4.69, 9.17) is 29.3 Å². The van der Waals surface area contributed by atoms with E-state index in [1.807, 2.05) is 6.20 Å². The topological polar surface area (TPSA) is 112 Å². The molecule has 16 heteroatoms. The van der Waals surface area contributed by atoms with Crippen molar-refractivity contribution in [3.05, 3.63) is 16.6 Å². The molecule has 0 aromatic carbocycles. The van der Waals surface area contributed by atoms with E-state index in [0.29, 0.717) is 18.2 Å². The minimum Gasteiger partial charge on any atom is -0.475 e. The fourth-order valence-electron chi connectivity index (χ4n) is 3.76. The molecule has 1 unspecified atom stereocenters. The van der Waals surface area contributed by atoms with Crippen LogP contribution in [0.2, 0.25) is 0 Å². The molecule has 0 radical (unpaired) electrons. The maximum atomic E-state index is 10.6. The van der Waals surface area contributed by atoms with Gasteiger partial charge in [-0.15, -0.1) is 11.3 Å². The van der Waals surface area contributed by atoms with Crippen molar-refractivity contribution >= 4 is 23.3 Å². The molecule has 1 aromatic rings. The van der Waals surface area contributed by atoms with E-state index >= 15 is 0 Å². The average molecular weight is 537 g/mol. The molecule has 0 amide bonds. The molecular formula is C19H25F6N3O6S. The Balaban J connectivity index is 0.000000257. The molecule has 3 saturated heterocycles. The molecular weight excluding hydrogens is 512 g/mol. The van der Waals surface area contributed by atoms with E-state index in [1.54, 1.807) is 11.3 Å². The quantitative estimate of drug-likeness (QED) is 0.560. The first-order valence-corrected chi connectivity index (χ1v) is 11.3. The fraction of sp³-hybridized carbons (Fsp3) is 0.737. The maximum absolute atomic E-state index is 10.6. The molecule has 9 nitrogen and oxygen atoms in total. The average Bonchev–Trinajstić information content (AvgIpc) is 3.50. The standard InChI is InChI=1S/C15H23N3O2S.2C2HF3O2/c1-2-12(19-5-1)8-18-4-6-20-14-10-17(9-13(14)18)11-15-16-3-7-21-15;2*3-2(4,5)1(6)7/h3,7,12-14H,1-2,4-6,8-11H2;2*(H,6,7)/t12?,13-,14+;;/m1../s1. The summed E-state index contributed by atoms with van der Waals surface area (Å²) in [5.74, 6) is -5.51. The van der Waals surface area contributed by atoms with Crippen molar-refractivity contribution < 1.29 is 55.6 Å². The van der Waals surface area contributed by atoms with Gasteiger partial charge >= 0.3 is 24.3 Å². The van der Waals surface area contributed by atoms with E-state index in [2.05, 4.69) is 20.2 Å².